The predicted octanol–water partition coefficient (Wildman–Crippen LogP) is 4.17. The molecule has 2 aromatic heterocycles. The van der Waals surface area contributed by atoms with Crippen LogP contribution in [0.2, 0.25) is 0 Å². The lowest BCUT2D eigenvalue weighted by Crippen LogP contribution is -2.05. The van der Waals surface area contributed by atoms with Crippen molar-refractivity contribution in [3.8, 4) is 0 Å². The van der Waals surface area contributed by atoms with Crippen LogP contribution in [0.1, 0.15) is 24.1 Å². The first-order chi connectivity index (χ1) is 9.81. The number of anilines is 1. The fraction of sp³-hybridized carbons (Fsp3) is 0.188. The maximum absolute atomic E-state index is 4.22. The zero-order chi connectivity index (χ0) is 13.8. The Morgan fingerprint density at radius 3 is 2.75 bits per heavy atom. The fourth-order valence-corrected chi connectivity index (χ4v) is 2.90. The molecule has 0 aliphatic heterocycles. The van der Waals surface area contributed by atoms with E-state index in [2.05, 4.69) is 58.4 Å². The quantitative estimate of drug-likeness (QED) is 0.761. The van der Waals surface area contributed by atoms with E-state index in [0.29, 0.717) is 6.04 Å². The van der Waals surface area contributed by atoms with Gasteiger partial charge in [-0.3, -0.25) is 4.68 Å². The molecule has 0 fully saturated rings. The maximum atomic E-state index is 4.22. The zero-order valence-electron chi connectivity index (χ0n) is 11.4. The number of hydrogen-bond donors (Lipinski definition) is 1. The number of hydrogen-bond acceptors (Lipinski definition) is 3. The normalized spacial score (nSPS) is 12.2. The van der Waals surface area contributed by atoms with Gasteiger partial charge in [-0.15, -0.1) is 0 Å². The second-order valence-electron chi connectivity index (χ2n) is 4.82. The zero-order valence-corrected chi connectivity index (χ0v) is 12.2. The average molecular weight is 283 g/mol. The largest absolute Gasteiger partial charge is 0.378 e. The van der Waals surface area contributed by atoms with Gasteiger partial charge in [0, 0.05) is 24.1 Å². The molecule has 0 bridgehead atoms. The maximum Gasteiger partial charge on any atom is 0.0659 e. The van der Waals surface area contributed by atoms with Crippen molar-refractivity contribution in [1.29, 1.82) is 0 Å². The Balaban J connectivity index is 1.64. The van der Waals surface area contributed by atoms with Crippen molar-refractivity contribution in [2.75, 3.05) is 5.32 Å². The first-order valence-corrected chi connectivity index (χ1v) is 7.60. The average Bonchev–Trinajstić information content (AvgIpc) is 3.13. The van der Waals surface area contributed by atoms with Crippen molar-refractivity contribution in [3.05, 3.63) is 70.7 Å². The van der Waals surface area contributed by atoms with Crippen molar-refractivity contribution >= 4 is 17.0 Å². The molecule has 0 aliphatic rings. The van der Waals surface area contributed by atoms with E-state index in [1.807, 2.05) is 16.9 Å². The Morgan fingerprint density at radius 2 is 2.10 bits per heavy atom. The molecule has 20 heavy (non-hydrogen) atoms. The van der Waals surface area contributed by atoms with Gasteiger partial charge in [-0.05, 0) is 53.1 Å². The molecule has 2 heterocycles. The van der Waals surface area contributed by atoms with E-state index in [4.69, 9.17) is 0 Å². The summed E-state index contributed by atoms with van der Waals surface area (Å²) >= 11 is 1.73. The van der Waals surface area contributed by atoms with E-state index in [0.717, 1.165) is 12.2 Å². The van der Waals surface area contributed by atoms with Gasteiger partial charge in [0.2, 0.25) is 0 Å². The third-order valence-corrected chi connectivity index (χ3v) is 3.99. The van der Waals surface area contributed by atoms with Gasteiger partial charge in [-0.25, -0.2) is 0 Å². The standard InChI is InChI=1S/C16H17N3S/c1-13(15-7-10-20-12-15)18-16-5-3-14(4-6-16)11-19-9-2-8-17-19/h2-10,12-13,18H,11H2,1H3. The third kappa shape index (κ3) is 3.08. The van der Waals surface area contributed by atoms with Crippen molar-refractivity contribution in [2.24, 2.45) is 0 Å². The van der Waals surface area contributed by atoms with E-state index >= 15 is 0 Å². The van der Waals surface area contributed by atoms with E-state index in [-0.39, 0.29) is 0 Å². The Bertz CT molecular complexity index is 627. The van der Waals surface area contributed by atoms with Crippen LogP contribution in [-0.4, -0.2) is 9.78 Å². The fourth-order valence-electron chi connectivity index (χ4n) is 2.14. The number of nitrogens with one attached hydrogen (secondary N) is 1. The van der Waals surface area contributed by atoms with Crippen LogP contribution in [0, 0.1) is 0 Å². The van der Waals surface area contributed by atoms with Crippen LogP contribution in [0.5, 0.6) is 0 Å². The molecule has 3 nitrogen and oxygen atoms in total. The summed E-state index contributed by atoms with van der Waals surface area (Å²) in [6, 6.07) is 13.0. The summed E-state index contributed by atoms with van der Waals surface area (Å²) in [4.78, 5) is 0. The van der Waals surface area contributed by atoms with Gasteiger partial charge in [-0.1, -0.05) is 12.1 Å². The van der Waals surface area contributed by atoms with Gasteiger partial charge >= 0.3 is 0 Å². The molecule has 0 spiro atoms. The van der Waals surface area contributed by atoms with Crippen LogP contribution in [0.15, 0.2) is 59.6 Å². The highest BCUT2D eigenvalue weighted by atomic mass is 32.1. The highest BCUT2D eigenvalue weighted by molar-refractivity contribution is 7.07. The van der Waals surface area contributed by atoms with Gasteiger partial charge in [0.25, 0.3) is 0 Å². The van der Waals surface area contributed by atoms with Gasteiger partial charge in [0.1, 0.15) is 0 Å². The third-order valence-electron chi connectivity index (χ3n) is 3.28. The summed E-state index contributed by atoms with van der Waals surface area (Å²) in [5.41, 5.74) is 3.73. The first-order valence-electron chi connectivity index (χ1n) is 6.66. The van der Waals surface area contributed by atoms with Crippen LogP contribution < -0.4 is 5.32 Å². The van der Waals surface area contributed by atoms with Crippen LogP contribution >= 0.6 is 11.3 Å². The highest BCUT2D eigenvalue weighted by Crippen LogP contribution is 2.21. The molecule has 1 unspecified atom stereocenters. The van der Waals surface area contributed by atoms with E-state index in [1.54, 1.807) is 17.5 Å². The molecular formula is C16H17N3S. The Labute approximate surface area is 122 Å². The number of aromatic nitrogens is 2. The second kappa shape index (κ2) is 5.92. The number of thiophene rings is 1. The van der Waals surface area contributed by atoms with Gasteiger partial charge < -0.3 is 5.32 Å². The molecule has 1 aromatic carbocycles. The lowest BCUT2D eigenvalue weighted by Gasteiger charge is -2.14. The lowest BCUT2D eigenvalue weighted by atomic mass is 10.1. The number of rotatable bonds is 5. The Kier molecular flexibility index (Phi) is 3.83. The van der Waals surface area contributed by atoms with Gasteiger partial charge in [-0.2, -0.15) is 16.4 Å². The summed E-state index contributed by atoms with van der Waals surface area (Å²) in [5.74, 6) is 0. The molecule has 4 heteroatoms. The molecule has 0 saturated carbocycles. The summed E-state index contributed by atoms with van der Waals surface area (Å²) in [6.07, 6.45) is 3.78. The molecule has 3 aromatic rings. The van der Waals surface area contributed by atoms with Crippen molar-refractivity contribution in [3.63, 3.8) is 0 Å². The second-order valence-corrected chi connectivity index (χ2v) is 5.60. The number of nitrogens with zero attached hydrogens (tertiary/aromatic N) is 2. The van der Waals surface area contributed by atoms with Crippen LogP contribution in [0.3, 0.4) is 0 Å². The lowest BCUT2D eigenvalue weighted by molar-refractivity contribution is 0.687. The van der Waals surface area contributed by atoms with E-state index in [9.17, 15) is 0 Å². The van der Waals surface area contributed by atoms with Crippen molar-refractivity contribution in [2.45, 2.75) is 19.5 Å². The highest BCUT2D eigenvalue weighted by Gasteiger charge is 2.05. The molecule has 102 valence electrons. The minimum absolute atomic E-state index is 0.332. The minimum atomic E-state index is 0.332. The number of benzene rings is 1. The van der Waals surface area contributed by atoms with Crippen LogP contribution in [0.4, 0.5) is 5.69 Å². The Morgan fingerprint density at radius 1 is 1.25 bits per heavy atom. The summed E-state index contributed by atoms with van der Waals surface area (Å²) in [6.45, 7) is 2.99. The minimum Gasteiger partial charge on any atom is -0.378 e. The predicted molar refractivity (Wildman–Crippen MR) is 84.1 cm³/mol. The summed E-state index contributed by atoms with van der Waals surface area (Å²) < 4.78 is 1.93. The van der Waals surface area contributed by atoms with Crippen molar-refractivity contribution < 1.29 is 0 Å². The first kappa shape index (κ1) is 12.9. The van der Waals surface area contributed by atoms with Crippen LogP contribution in [0.25, 0.3) is 0 Å². The molecule has 3 rings (SSSR count). The smallest absolute Gasteiger partial charge is 0.0659 e. The van der Waals surface area contributed by atoms with Gasteiger partial charge in [0.15, 0.2) is 0 Å². The molecular weight excluding hydrogens is 266 g/mol. The molecule has 1 N–H and O–H groups in total. The molecule has 0 aliphatic carbocycles. The monoisotopic (exact) mass is 283 g/mol. The Hall–Kier alpha value is -2.07. The van der Waals surface area contributed by atoms with Gasteiger partial charge in [0.05, 0.1) is 6.54 Å². The van der Waals surface area contributed by atoms with E-state index in [1.165, 1.54) is 11.1 Å². The summed E-state index contributed by atoms with van der Waals surface area (Å²) in [7, 11) is 0. The van der Waals surface area contributed by atoms with E-state index < -0.39 is 0 Å². The van der Waals surface area contributed by atoms with Crippen LogP contribution in [-0.2, 0) is 6.54 Å². The summed E-state index contributed by atoms with van der Waals surface area (Å²) in [5, 5.41) is 12.0. The topological polar surface area (TPSA) is 29.9 Å². The molecule has 0 saturated heterocycles. The molecule has 0 amide bonds. The molecule has 0 radical (unpaired) electrons. The van der Waals surface area contributed by atoms with Crippen molar-refractivity contribution in [1.82, 2.24) is 9.78 Å². The SMILES string of the molecule is CC(Nc1ccc(Cn2cccn2)cc1)c1ccsc1. The molecule has 1 atom stereocenters.